The molecule has 1 aromatic heterocycles. The summed E-state index contributed by atoms with van der Waals surface area (Å²) in [7, 11) is 0. The molecule has 2 aromatic rings. The molecular formula is C13H16N4OS. The molecule has 5 nitrogen and oxygen atoms in total. The zero-order valence-electron chi connectivity index (χ0n) is 10.6. The Kier molecular flexibility index (Phi) is 3.61. The molecule has 1 saturated heterocycles. The summed E-state index contributed by atoms with van der Waals surface area (Å²) in [5, 5.41) is 6.95. The van der Waals surface area contributed by atoms with E-state index in [0.29, 0.717) is 13.0 Å². The minimum absolute atomic E-state index is 0.506. The van der Waals surface area contributed by atoms with E-state index in [1.54, 1.807) is 11.3 Å². The van der Waals surface area contributed by atoms with Crippen molar-refractivity contribution in [2.24, 2.45) is 0 Å². The number of nitrogens with zero attached hydrogens (tertiary/aromatic N) is 2. The molecule has 0 atom stereocenters. The molecule has 0 bridgehead atoms. The number of piperazine rings is 1. The maximum atomic E-state index is 10.3. The van der Waals surface area contributed by atoms with Gasteiger partial charge in [0.15, 0.2) is 0 Å². The number of aromatic nitrogens is 1. The number of carbonyl (C=O) groups excluding carboxylic acids is 1. The van der Waals surface area contributed by atoms with Gasteiger partial charge in [-0.3, -0.25) is 4.79 Å². The number of hydrogen-bond acceptors (Lipinski definition) is 5. The Morgan fingerprint density at radius 3 is 3.05 bits per heavy atom. The molecule has 0 spiro atoms. The number of hydrogen-bond donors (Lipinski definition) is 2. The summed E-state index contributed by atoms with van der Waals surface area (Å²) in [6, 6.07) is 6.39. The molecule has 1 amide bonds. The molecule has 0 radical (unpaired) electrons. The minimum atomic E-state index is 0.506. The largest absolute Gasteiger partial charge is 0.369 e. The van der Waals surface area contributed by atoms with Crippen molar-refractivity contribution in [1.82, 2.24) is 15.6 Å². The maximum absolute atomic E-state index is 10.3. The monoisotopic (exact) mass is 276 g/mol. The number of benzene rings is 1. The molecule has 0 aliphatic carbocycles. The first-order valence-corrected chi connectivity index (χ1v) is 7.20. The highest BCUT2D eigenvalue weighted by Gasteiger charge is 2.12. The number of fused-ring (bicyclic) bond motifs is 1. The van der Waals surface area contributed by atoms with E-state index >= 15 is 0 Å². The second-order valence-electron chi connectivity index (χ2n) is 4.50. The lowest BCUT2D eigenvalue weighted by Gasteiger charge is -2.29. The van der Waals surface area contributed by atoms with Crippen LogP contribution in [0.4, 0.5) is 5.69 Å². The number of amides is 1. The van der Waals surface area contributed by atoms with Crippen LogP contribution in [-0.2, 0) is 11.3 Å². The summed E-state index contributed by atoms with van der Waals surface area (Å²) >= 11 is 1.64. The zero-order chi connectivity index (χ0) is 13.1. The van der Waals surface area contributed by atoms with Crippen LogP contribution in [0, 0.1) is 0 Å². The summed E-state index contributed by atoms with van der Waals surface area (Å²) in [6.07, 6.45) is 0.707. The third-order valence-corrected chi connectivity index (χ3v) is 4.25. The van der Waals surface area contributed by atoms with Crippen LogP contribution in [0.25, 0.3) is 10.2 Å². The normalized spacial score (nSPS) is 15.7. The average Bonchev–Trinajstić information content (AvgIpc) is 2.87. The number of anilines is 1. The first-order valence-electron chi connectivity index (χ1n) is 6.39. The molecule has 1 aromatic carbocycles. The van der Waals surface area contributed by atoms with Crippen LogP contribution in [0.1, 0.15) is 5.01 Å². The van der Waals surface area contributed by atoms with Gasteiger partial charge in [-0.15, -0.1) is 11.3 Å². The van der Waals surface area contributed by atoms with Gasteiger partial charge in [0.1, 0.15) is 5.01 Å². The first kappa shape index (κ1) is 12.4. The Morgan fingerprint density at radius 1 is 1.42 bits per heavy atom. The minimum Gasteiger partial charge on any atom is -0.369 e. The molecule has 1 aliphatic rings. The summed E-state index contributed by atoms with van der Waals surface area (Å²) < 4.78 is 1.18. The SMILES string of the molecule is O=CNCc1nc2ccc(N3CCNCC3)cc2s1. The lowest BCUT2D eigenvalue weighted by Crippen LogP contribution is -2.43. The van der Waals surface area contributed by atoms with Crippen LogP contribution in [0.15, 0.2) is 18.2 Å². The van der Waals surface area contributed by atoms with Gasteiger partial charge in [0.25, 0.3) is 0 Å². The van der Waals surface area contributed by atoms with E-state index in [2.05, 4.69) is 38.7 Å². The van der Waals surface area contributed by atoms with Crippen molar-refractivity contribution in [3.63, 3.8) is 0 Å². The van der Waals surface area contributed by atoms with E-state index < -0.39 is 0 Å². The highest BCUT2D eigenvalue weighted by Crippen LogP contribution is 2.27. The van der Waals surface area contributed by atoms with Crippen molar-refractivity contribution >= 4 is 33.7 Å². The maximum Gasteiger partial charge on any atom is 0.207 e. The Morgan fingerprint density at radius 2 is 2.26 bits per heavy atom. The smallest absolute Gasteiger partial charge is 0.207 e. The predicted octanol–water partition coefficient (Wildman–Crippen LogP) is 0.952. The summed E-state index contributed by atoms with van der Waals surface area (Å²) in [5.74, 6) is 0. The van der Waals surface area contributed by atoms with E-state index in [4.69, 9.17) is 0 Å². The molecule has 1 aliphatic heterocycles. The lowest BCUT2D eigenvalue weighted by molar-refractivity contribution is -0.109. The van der Waals surface area contributed by atoms with Crippen molar-refractivity contribution in [2.75, 3.05) is 31.1 Å². The number of carbonyl (C=O) groups is 1. The molecule has 0 unspecified atom stereocenters. The lowest BCUT2D eigenvalue weighted by atomic mass is 10.2. The summed E-state index contributed by atoms with van der Waals surface area (Å²) in [4.78, 5) is 17.2. The topological polar surface area (TPSA) is 57.3 Å². The van der Waals surface area contributed by atoms with E-state index in [9.17, 15) is 4.79 Å². The van der Waals surface area contributed by atoms with Crippen LogP contribution in [-0.4, -0.2) is 37.6 Å². The average molecular weight is 276 g/mol. The second-order valence-corrected chi connectivity index (χ2v) is 5.61. The molecule has 0 saturated carbocycles. The zero-order valence-corrected chi connectivity index (χ0v) is 11.4. The number of rotatable bonds is 4. The van der Waals surface area contributed by atoms with Crippen LogP contribution >= 0.6 is 11.3 Å². The van der Waals surface area contributed by atoms with Crippen molar-refractivity contribution in [3.05, 3.63) is 23.2 Å². The van der Waals surface area contributed by atoms with Crippen LogP contribution in [0.2, 0.25) is 0 Å². The van der Waals surface area contributed by atoms with Gasteiger partial charge in [-0.1, -0.05) is 0 Å². The Hall–Kier alpha value is -1.66. The van der Waals surface area contributed by atoms with E-state index in [0.717, 1.165) is 36.7 Å². The Balaban J connectivity index is 1.85. The third kappa shape index (κ3) is 2.69. The third-order valence-electron chi connectivity index (χ3n) is 3.24. The summed E-state index contributed by atoms with van der Waals surface area (Å²) in [6.45, 7) is 4.67. The second kappa shape index (κ2) is 5.54. The van der Waals surface area contributed by atoms with Gasteiger partial charge in [-0.2, -0.15) is 0 Å². The number of thiazole rings is 1. The molecule has 19 heavy (non-hydrogen) atoms. The highest BCUT2D eigenvalue weighted by molar-refractivity contribution is 7.18. The van der Waals surface area contributed by atoms with Crippen molar-refractivity contribution in [3.8, 4) is 0 Å². The standard InChI is InChI=1S/C13H16N4OS/c18-9-15-8-13-16-11-2-1-10(7-12(11)19-13)17-5-3-14-4-6-17/h1-2,7,9,14H,3-6,8H2,(H,15,18). The van der Waals surface area contributed by atoms with Gasteiger partial charge in [0, 0.05) is 31.9 Å². The van der Waals surface area contributed by atoms with Crippen molar-refractivity contribution in [1.29, 1.82) is 0 Å². The van der Waals surface area contributed by atoms with E-state index in [1.165, 1.54) is 10.4 Å². The van der Waals surface area contributed by atoms with Gasteiger partial charge >= 0.3 is 0 Å². The van der Waals surface area contributed by atoms with Gasteiger partial charge in [0.05, 0.1) is 16.8 Å². The van der Waals surface area contributed by atoms with Gasteiger partial charge in [0.2, 0.25) is 6.41 Å². The molecule has 2 heterocycles. The predicted molar refractivity (Wildman–Crippen MR) is 77.6 cm³/mol. The van der Waals surface area contributed by atoms with Gasteiger partial charge < -0.3 is 15.5 Å². The molecule has 1 fully saturated rings. The van der Waals surface area contributed by atoms with E-state index in [-0.39, 0.29) is 0 Å². The molecule has 6 heteroatoms. The van der Waals surface area contributed by atoms with Gasteiger partial charge in [-0.05, 0) is 18.2 Å². The van der Waals surface area contributed by atoms with Crippen molar-refractivity contribution in [2.45, 2.75) is 6.54 Å². The Bertz CT molecular complexity index is 577. The van der Waals surface area contributed by atoms with Crippen LogP contribution in [0.3, 0.4) is 0 Å². The van der Waals surface area contributed by atoms with E-state index in [1.807, 2.05) is 0 Å². The molecule has 2 N–H and O–H groups in total. The fourth-order valence-corrected chi connectivity index (χ4v) is 3.24. The quantitative estimate of drug-likeness (QED) is 0.817. The summed E-state index contributed by atoms with van der Waals surface area (Å²) in [5.41, 5.74) is 2.26. The highest BCUT2D eigenvalue weighted by atomic mass is 32.1. The van der Waals surface area contributed by atoms with Crippen LogP contribution < -0.4 is 15.5 Å². The fraction of sp³-hybridized carbons (Fsp3) is 0.385. The fourth-order valence-electron chi connectivity index (χ4n) is 2.29. The molecular weight excluding hydrogens is 260 g/mol. The number of nitrogens with one attached hydrogen (secondary N) is 2. The van der Waals surface area contributed by atoms with Crippen LogP contribution in [0.5, 0.6) is 0 Å². The molecule has 3 rings (SSSR count). The Labute approximate surface area is 115 Å². The first-order chi connectivity index (χ1) is 9.36. The molecule has 100 valence electrons. The van der Waals surface area contributed by atoms with Gasteiger partial charge in [-0.25, -0.2) is 4.98 Å². The van der Waals surface area contributed by atoms with Crippen molar-refractivity contribution < 1.29 is 4.79 Å².